The Morgan fingerprint density at radius 3 is 2.95 bits per heavy atom. The Bertz CT molecular complexity index is 660. The van der Waals surface area contributed by atoms with Gasteiger partial charge in [0, 0.05) is 5.56 Å². The van der Waals surface area contributed by atoms with Gasteiger partial charge in [-0.25, -0.2) is 0 Å². The fourth-order valence-electron chi connectivity index (χ4n) is 1.78. The molecule has 0 bridgehead atoms. The van der Waals surface area contributed by atoms with E-state index >= 15 is 0 Å². The van der Waals surface area contributed by atoms with E-state index in [0.717, 1.165) is 5.56 Å². The van der Waals surface area contributed by atoms with Gasteiger partial charge < -0.3 is 9.47 Å². The molecule has 3 rings (SSSR count). The first kappa shape index (κ1) is 12.3. The van der Waals surface area contributed by atoms with E-state index in [1.165, 1.54) is 17.4 Å². The molecule has 1 aromatic heterocycles. The second-order valence-corrected chi connectivity index (χ2v) is 5.60. The Morgan fingerprint density at radius 2 is 2.16 bits per heavy atom. The lowest BCUT2D eigenvalue weighted by molar-refractivity contribution is 0.105. The molecule has 1 aliphatic rings. The molecule has 3 nitrogen and oxygen atoms in total. The highest BCUT2D eigenvalue weighted by Crippen LogP contribution is 2.36. The van der Waals surface area contributed by atoms with Crippen molar-refractivity contribution in [3.05, 3.63) is 51.2 Å². The number of para-hydroxylation sites is 1. The van der Waals surface area contributed by atoms with Crippen molar-refractivity contribution in [3.8, 4) is 11.5 Å². The Morgan fingerprint density at radius 1 is 1.26 bits per heavy atom. The highest BCUT2D eigenvalue weighted by atomic mass is 35.5. The summed E-state index contributed by atoms with van der Waals surface area (Å²) in [5, 5.41) is 0. The first-order valence-electron chi connectivity index (χ1n) is 5.60. The van der Waals surface area contributed by atoms with Crippen molar-refractivity contribution in [2.75, 3.05) is 6.79 Å². The van der Waals surface area contributed by atoms with E-state index in [-0.39, 0.29) is 12.6 Å². The van der Waals surface area contributed by atoms with Crippen LogP contribution in [-0.4, -0.2) is 12.6 Å². The van der Waals surface area contributed by atoms with Crippen LogP contribution >= 0.6 is 22.9 Å². The largest absolute Gasteiger partial charge is 0.454 e. The smallest absolute Gasteiger partial charge is 0.231 e. The van der Waals surface area contributed by atoms with Crippen molar-refractivity contribution < 1.29 is 14.3 Å². The zero-order valence-corrected chi connectivity index (χ0v) is 11.3. The number of benzene rings is 1. The molecule has 1 aromatic carbocycles. The van der Waals surface area contributed by atoms with Crippen molar-refractivity contribution >= 4 is 34.8 Å². The van der Waals surface area contributed by atoms with Crippen LogP contribution in [0.1, 0.15) is 15.2 Å². The van der Waals surface area contributed by atoms with Crippen LogP contribution in [0.25, 0.3) is 6.08 Å². The van der Waals surface area contributed by atoms with Crippen LogP contribution in [0.5, 0.6) is 11.5 Å². The summed E-state index contributed by atoms with van der Waals surface area (Å²) < 4.78 is 11.3. The molecule has 2 heterocycles. The molecule has 0 N–H and O–H groups in total. The summed E-state index contributed by atoms with van der Waals surface area (Å²) in [7, 11) is 0. The molecule has 1 aliphatic heterocycles. The Labute approximate surface area is 119 Å². The highest BCUT2D eigenvalue weighted by Gasteiger charge is 2.15. The van der Waals surface area contributed by atoms with Crippen LogP contribution < -0.4 is 9.47 Å². The molecule has 0 atom stereocenters. The molecule has 0 saturated carbocycles. The Kier molecular flexibility index (Phi) is 3.27. The summed E-state index contributed by atoms with van der Waals surface area (Å²) >= 11 is 7.07. The number of halogens is 1. The predicted octanol–water partition coefficient (Wildman–Crippen LogP) is 4.03. The van der Waals surface area contributed by atoms with Crippen LogP contribution in [0.15, 0.2) is 36.4 Å². The number of ether oxygens (including phenoxy) is 2. The van der Waals surface area contributed by atoms with Gasteiger partial charge in [-0.1, -0.05) is 23.7 Å². The second kappa shape index (κ2) is 5.07. The van der Waals surface area contributed by atoms with Gasteiger partial charge in [-0.2, -0.15) is 0 Å². The van der Waals surface area contributed by atoms with E-state index < -0.39 is 0 Å². The third-order valence-corrected chi connectivity index (χ3v) is 3.90. The maximum Gasteiger partial charge on any atom is 0.231 e. The minimum Gasteiger partial charge on any atom is -0.454 e. The van der Waals surface area contributed by atoms with Crippen LogP contribution in [0, 0.1) is 0 Å². The van der Waals surface area contributed by atoms with E-state index in [4.69, 9.17) is 21.1 Å². The average molecular weight is 293 g/mol. The van der Waals surface area contributed by atoms with Crippen LogP contribution in [-0.2, 0) is 0 Å². The van der Waals surface area contributed by atoms with Gasteiger partial charge in [0.1, 0.15) is 0 Å². The maximum atomic E-state index is 11.9. The molecular weight excluding hydrogens is 284 g/mol. The quantitative estimate of drug-likeness (QED) is 0.633. The number of hydrogen-bond donors (Lipinski definition) is 0. The SMILES string of the molecule is O=C(/C=C/c1cccc2c1OCO2)c1ccc(Cl)s1. The number of ketones is 1. The first-order valence-corrected chi connectivity index (χ1v) is 6.80. The summed E-state index contributed by atoms with van der Waals surface area (Å²) in [4.78, 5) is 12.5. The lowest BCUT2D eigenvalue weighted by atomic mass is 10.1. The van der Waals surface area contributed by atoms with E-state index in [1.54, 1.807) is 18.2 Å². The third-order valence-electron chi connectivity index (χ3n) is 2.66. The number of carbonyl (C=O) groups is 1. The standard InChI is InChI=1S/C14H9ClO3S/c15-13-7-6-12(19-13)10(16)5-4-9-2-1-3-11-14(9)18-8-17-11/h1-7H,8H2/b5-4+. The molecule has 96 valence electrons. The second-order valence-electron chi connectivity index (χ2n) is 3.88. The van der Waals surface area contributed by atoms with Gasteiger partial charge in [0.2, 0.25) is 6.79 Å². The van der Waals surface area contributed by atoms with Crippen LogP contribution in [0.3, 0.4) is 0 Å². The van der Waals surface area contributed by atoms with Crippen molar-refractivity contribution in [2.24, 2.45) is 0 Å². The van der Waals surface area contributed by atoms with E-state index in [1.807, 2.05) is 18.2 Å². The summed E-state index contributed by atoms with van der Waals surface area (Å²) in [6.07, 6.45) is 3.24. The molecule has 0 spiro atoms. The van der Waals surface area contributed by atoms with Crippen LogP contribution in [0.2, 0.25) is 4.34 Å². The van der Waals surface area contributed by atoms with Gasteiger partial charge in [-0.3, -0.25) is 4.79 Å². The number of fused-ring (bicyclic) bond motifs is 1. The average Bonchev–Trinajstić information content (AvgIpc) is 3.04. The molecule has 19 heavy (non-hydrogen) atoms. The predicted molar refractivity (Wildman–Crippen MR) is 75.3 cm³/mol. The fourth-order valence-corrected chi connectivity index (χ4v) is 2.74. The maximum absolute atomic E-state index is 11.9. The normalized spacial score (nSPS) is 13.1. The van der Waals surface area contributed by atoms with Gasteiger partial charge in [-0.05, 0) is 30.4 Å². The van der Waals surface area contributed by atoms with Gasteiger partial charge >= 0.3 is 0 Å². The van der Waals surface area contributed by atoms with Crippen molar-refractivity contribution in [1.29, 1.82) is 0 Å². The van der Waals surface area contributed by atoms with E-state index in [0.29, 0.717) is 20.7 Å². The Balaban J connectivity index is 1.84. The lowest BCUT2D eigenvalue weighted by Crippen LogP contribution is -1.93. The lowest BCUT2D eigenvalue weighted by Gasteiger charge is -1.99. The molecule has 2 aromatic rings. The molecule has 0 fully saturated rings. The fraction of sp³-hybridized carbons (Fsp3) is 0.0714. The molecule has 0 aliphatic carbocycles. The summed E-state index contributed by atoms with van der Waals surface area (Å²) in [6, 6.07) is 9.00. The van der Waals surface area contributed by atoms with E-state index in [2.05, 4.69) is 0 Å². The molecule has 0 unspecified atom stereocenters. The minimum atomic E-state index is -0.0755. The van der Waals surface area contributed by atoms with Gasteiger partial charge in [-0.15, -0.1) is 11.3 Å². The first-order chi connectivity index (χ1) is 9.24. The Hall–Kier alpha value is -1.78. The number of rotatable bonds is 3. The number of hydrogen-bond acceptors (Lipinski definition) is 4. The van der Waals surface area contributed by atoms with Gasteiger partial charge in [0.05, 0.1) is 9.21 Å². The monoisotopic (exact) mass is 292 g/mol. The summed E-state index contributed by atoms with van der Waals surface area (Å²) in [5.74, 6) is 1.30. The zero-order chi connectivity index (χ0) is 13.2. The number of carbonyl (C=O) groups excluding carboxylic acids is 1. The number of allylic oxidation sites excluding steroid dienone is 1. The summed E-state index contributed by atoms with van der Waals surface area (Å²) in [5.41, 5.74) is 0.825. The minimum absolute atomic E-state index is 0.0755. The summed E-state index contributed by atoms with van der Waals surface area (Å²) in [6.45, 7) is 0.217. The van der Waals surface area contributed by atoms with E-state index in [9.17, 15) is 4.79 Å². The molecule has 0 amide bonds. The van der Waals surface area contributed by atoms with Crippen molar-refractivity contribution in [3.63, 3.8) is 0 Å². The van der Waals surface area contributed by atoms with Crippen LogP contribution in [0.4, 0.5) is 0 Å². The van der Waals surface area contributed by atoms with Gasteiger partial charge in [0.25, 0.3) is 0 Å². The van der Waals surface area contributed by atoms with Crippen molar-refractivity contribution in [1.82, 2.24) is 0 Å². The number of thiophene rings is 1. The highest BCUT2D eigenvalue weighted by molar-refractivity contribution is 7.18. The molecule has 0 saturated heterocycles. The molecule has 5 heteroatoms. The third kappa shape index (κ3) is 2.50. The van der Waals surface area contributed by atoms with Crippen molar-refractivity contribution in [2.45, 2.75) is 0 Å². The molecular formula is C14H9ClO3S. The van der Waals surface area contributed by atoms with Gasteiger partial charge in [0.15, 0.2) is 17.3 Å². The zero-order valence-electron chi connectivity index (χ0n) is 9.76. The molecule has 0 radical (unpaired) electrons. The topological polar surface area (TPSA) is 35.5 Å².